The van der Waals surface area contributed by atoms with E-state index in [2.05, 4.69) is 9.98 Å². The molecule has 1 aromatic heterocycles. The molecule has 82 valence electrons. The molecule has 0 unspecified atom stereocenters. The molecule has 0 spiro atoms. The van der Waals surface area contributed by atoms with Crippen molar-refractivity contribution in [1.82, 2.24) is 4.98 Å². The molecule has 2 rings (SSSR count). The van der Waals surface area contributed by atoms with E-state index in [1.165, 1.54) is 6.08 Å². The minimum absolute atomic E-state index is 0.264. The van der Waals surface area contributed by atoms with E-state index in [9.17, 15) is 9.59 Å². The van der Waals surface area contributed by atoms with Crippen LogP contribution in [0.5, 0.6) is 0 Å². The third-order valence-corrected chi connectivity index (χ3v) is 2.21. The van der Waals surface area contributed by atoms with E-state index in [4.69, 9.17) is 0 Å². The van der Waals surface area contributed by atoms with Gasteiger partial charge in [-0.1, -0.05) is 18.2 Å². The number of aliphatic imine (C=N–C) groups is 1. The molecule has 0 radical (unpaired) electrons. The van der Waals surface area contributed by atoms with Gasteiger partial charge in [-0.05, 0) is 24.3 Å². The molecule has 1 aromatic carbocycles. The number of rotatable bonds is 3. The Labute approximate surface area is 97.7 Å². The molecular formula is C13H8N2O2. The second-order valence-corrected chi connectivity index (χ2v) is 3.26. The summed E-state index contributed by atoms with van der Waals surface area (Å²) in [6.45, 7) is 0. The van der Waals surface area contributed by atoms with E-state index in [0.717, 1.165) is 0 Å². The molecule has 1 heterocycles. The largest absolute Gasteiger partial charge is 0.287 e. The standard InChI is InChI=1S/C13H8N2O2/c16-9-15-11-6-2-1-5-10(11)13(17)12-7-3-4-8-14-12/h1-8H. The number of isocyanates is 1. The summed E-state index contributed by atoms with van der Waals surface area (Å²) >= 11 is 0. The van der Waals surface area contributed by atoms with Crippen molar-refractivity contribution in [3.63, 3.8) is 0 Å². The van der Waals surface area contributed by atoms with Crippen LogP contribution in [-0.2, 0) is 4.79 Å². The summed E-state index contributed by atoms with van der Waals surface area (Å²) in [6.07, 6.45) is 2.97. The molecule has 0 bridgehead atoms. The Morgan fingerprint density at radius 2 is 1.88 bits per heavy atom. The molecule has 0 amide bonds. The molecule has 0 aliphatic carbocycles. The smallest absolute Gasteiger partial charge is 0.240 e. The zero-order valence-electron chi connectivity index (χ0n) is 8.83. The lowest BCUT2D eigenvalue weighted by Crippen LogP contribution is -2.03. The van der Waals surface area contributed by atoms with Crippen LogP contribution >= 0.6 is 0 Å². The maximum absolute atomic E-state index is 12.1. The number of para-hydroxylation sites is 1. The van der Waals surface area contributed by atoms with Crippen molar-refractivity contribution in [3.8, 4) is 0 Å². The molecule has 2 aromatic rings. The van der Waals surface area contributed by atoms with Crippen molar-refractivity contribution >= 4 is 17.6 Å². The molecule has 0 atom stereocenters. The monoisotopic (exact) mass is 224 g/mol. The van der Waals surface area contributed by atoms with Crippen LogP contribution in [0.2, 0.25) is 0 Å². The van der Waals surface area contributed by atoms with Crippen LogP contribution in [0.15, 0.2) is 53.7 Å². The molecule has 0 saturated heterocycles. The summed E-state index contributed by atoms with van der Waals surface area (Å²) in [5, 5.41) is 0. The summed E-state index contributed by atoms with van der Waals surface area (Å²) < 4.78 is 0. The normalized spacial score (nSPS) is 9.41. The van der Waals surface area contributed by atoms with Gasteiger partial charge in [0.2, 0.25) is 11.9 Å². The molecule has 4 heteroatoms. The van der Waals surface area contributed by atoms with Crippen LogP contribution in [0, 0.1) is 0 Å². The van der Waals surface area contributed by atoms with Gasteiger partial charge in [0.25, 0.3) is 0 Å². The maximum Gasteiger partial charge on any atom is 0.240 e. The Morgan fingerprint density at radius 3 is 2.59 bits per heavy atom. The number of hydrogen-bond donors (Lipinski definition) is 0. The van der Waals surface area contributed by atoms with Gasteiger partial charge in [0.15, 0.2) is 0 Å². The van der Waals surface area contributed by atoms with Crippen LogP contribution in [0.25, 0.3) is 0 Å². The number of carbonyl (C=O) groups excluding carboxylic acids is 2. The van der Waals surface area contributed by atoms with Gasteiger partial charge in [-0.25, -0.2) is 4.79 Å². The van der Waals surface area contributed by atoms with Crippen molar-refractivity contribution in [2.24, 2.45) is 4.99 Å². The minimum Gasteiger partial charge on any atom is -0.287 e. The van der Waals surface area contributed by atoms with E-state index in [1.807, 2.05) is 0 Å². The molecule has 0 aliphatic heterocycles. The number of hydrogen-bond acceptors (Lipinski definition) is 4. The van der Waals surface area contributed by atoms with E-state index in [-0.39, 0.29) is 5.78 Å². The van der Waals surface area contributed by atoms with Crippen LogP contribution in [0.1, 0.15) is 16.1 Å². The number of benzene rings is 1. The molecule has 17 heavy (non-hydrogen) atoms. The number of nitrogens with zero attached hydrogens (tertiary/aromatic N) is 2. The van der Waals surface area contributed by atoms with Crippen LogP contribution < -0.4 is 0 Å². The van der Waals surface area contributed by atoms with Gasteiger partial charge >= 0.3 is 0 Å². The zero-order valence-corrected chi connectivity index (χ0v) is 8.83. The van der Waals surface area contributed by atoms with Gasteiger partial charge in [0, 0.05) is 6.20 Å². The highest BCUT2D eigenvalue weighted by molar-refractivity contribution is 6.10. The van der Waals surface area contributed by atoms with Crippen molar-refractivity contribution in [2.45, 2.75) is 0 Å². The fourth-order valence-electron chi connectivity index (χ4n) is 1.45. The Balaban J connectivity index is 2.48. The average Bonchev–Trinajstić information content (AvgIpc) is 2.40. The molecular weight excluding hydrogens is 216 g/mol. The third kappa shape index (κ3) is 2.33. The Bertz CT molecular complexity index is 587. The van der Waals surface area contributed by atoms with E-state index < -0.39 is 0 Å². The number of aromatic nitrogens is 1. The zero-order chi connectivity index (χ0) is 12.1. The quantitative estimate of drug-likeness (QED) is 0.456. The summed E-state index contributed by atoms with van der Waals surface area (Å²) in [5.74, 6) is -0.264. The molecule has 0 fully saturated rings. The van der Waals surface area contributed by atoms with Crippen molar-refractivity contribution in [3.05, 3.63) is 59.9 Å². The van der Waals surface area contributed by atoms with Crippen LogP contribution in [0.4, 0.5) is 5.69 Å². The van der Waals surface area contributed by atoms with E-state index in [1.54, 1.807) is 48.7 Å². The first-order valence-electron chi connectivity index (χ1n) is 4.95. The first-order chi connectivity index (χ1) is 8.33. The SMILES string of the molecule is O=C=Nc1ccccc1C(=O)c1ccccn1. The van der Waals surface area contributed by atoms with Crippen LogP contribution in [0.3, 0.4) is 0 Å². The second kappa shape index (κ2) is 4.96. The lowest BCUT2D eigenvalue weighted by molar-refractivity contribution is 0.103. The van der Waals surface area contributed by atoms with Crippen LogP contribution in [-0.4, -0.2) is 16.8 Å². The Hall–Kier alpha value is -2.58. The summed E-state index contributed by atoms with van der Waals surface area (Å²) in [6, 6.07) is 11.7. The number of carbonyl (C=O) groups is 1. The second-order valence-electron chi connectivity index (χ2n) is 3.26. The van der Waals surface area contributed by atoms with Gasteiger partial charge in [-0.3, -0.25) is 9.78 Å². The fourth-order valence-corrected chi connectivity index (χ4v) is 1.45. The number of ketones is 1. The molecule has 0 aliphatic rings. The minimum atomic E-state index is -0.264. The van der Waals surface area contributed by atoms with Gasteiger partial charge < -0.3 is 0 Å². The molecule has 4 nitrogen and oxygen atoms in total. The summed E-state index contributed by atoms with van der Waals surface area (Å²) in [5.41, 5.74) is 0.966. The molecule has 0 saturated carbocycles. The molecule has 0 N–H and O–H groups in total. The predicted octanol–water partition coefficient (Wildman–Crippen LogP) is 2.28. The lowest BCUT2D eigenvalue weighted by atomic mass is 10.1. The topological polar surface area (TPSA) is 59.4 Å². The number of pyridine rings is 1. The van der Waals surface area contributed by atoms with Crippen molar-refractivity contribution in [1.29, 1.82) is 0 Å². The first-order valence-corrected chi connectivity index (χ1v) is 4.95. The summed E-state index contributed by atoms with van der Waals surface area (Å²) in [7, 11) is 0. The fraction of sp³-hybridized carbons (Fsp3) is 0. The predicted molar refractivity (Wildman–Crippen MR) is 61.9 cm³/mol. The van der Waals surface area contributed by atoms with Gasteiger partial charge in [0.05, 0.1) is 11.3 Å². The van der Waals surface area contributed by atoms with Crippen molar-refractivity contribution < 1.29 is 9.59 Å². The average molecular weight is 224 g/mol. The third-order valence-electron chi connectivity index (χ3n) is 2.21. The highest BCUT2D eigenvalue weighted by Crippen LogP contribution is 2.20. The van der Waals surface area contributed by atoms with E-state index >= 15 is 0 Å². The highest BCUT2D eigenvalue weighted by atomic mass is 16.1. The van der Waals surface area contributed by atoms with E-state index in [0.29, 0.717) is 16.9 Å². The maximum atomic E-state index is 12.1. The lowest BCUT2D eigenvalue weighted by Gasteiger charge is -2.02. The van der Waals surface area contributed by atoms with Gasteiger partial charge in [-0.2, -0.15) is 4.99 Å². The highest BCUT2D eigenvalue weighted by Gasteiger charge is 2.13. The van der Waals surface area contributed by atoms with Crippen molar-refractivity contribution in [2.75, 3.05) is 0 Å². The van der Waals surface area contributed by atoms with Gasteiger partial charge in [0.1, 0.15) is 5.69 Å². The van der Waals surface area contributed by atoms with Gasteiger partial charge in [-0.15, -0.1) is 0 Å². The summed E-state index contributed by atoms with van der Waals surface area (Å²) in [4.78, 5) is 29.8. The Morgan fingerprint density at radius 1 is 1.12 bits per heavy atom. The Kier molecular flexibility index (Phi) is 3.19. The first kappa shape index (κ1) is 10.9.